The van der Waals surface area contributed by atoms with Crippen LogP contribution in [0.2, 0.25) is 0 Å². The largest absolute Gasteiger partial charge is 0.456 e. The fourth-order valence-electron chi connectivity index (χ4n) is 1.34. The minimum Gasteiger partial charge on any atom is -0.456 e. The average Bonchev–Trinajstić information content (AvgIpc) is 2.11. The van der Waals surface area contributed by atoms with E-state index in [9.17, 15) is 9.18 Å². The highest BCUT2D eigenvalue weighted by Gasteiger charge is 2.20. The minimum atomic E-state index is -0.536. The number of hydrogen-bond donors (Lipinski definition) is 0. The summed E-state index contributed by atoms with van der Waals surface area (Å²) in [6, 6.07) is 2.76. The Labute approximate surface area is 95.4 Å². The standard InChI is InChI=1S/C13H17FO2/c1-8-9(2)11(14)7-6-10(8)12(15)16-13(3,4)5/h6-7H,1-5H3. The van der Waals surface area contributed by atoms with Gasteiger partial charge in [0.15, 0.2) is 0 Å². The summed E-state index contributed by atoms with van der Waals surface area (Å²) in [4.78, 5) is 11.8. The third-order valence-corrected chi connectivity index (χ3v) is 2.34. The molecular weight excluding hydrogens is 207 g/mol. The molecule has 88 valence electrons. The van der Waals surface area contributed by atoms with Gasteiger partial charge in [0.05, 0.1) is 5.56 Å². The molecule has 1 aromatic rings. The maximum absolute atomic E-state index is 13.2. The fourth-order valence-corrected chi connectivity index (χ4v) is 1.34. The molecule has 0 aliphatic heterocycles. The van der Waals surface area contributed by atoms with Crippen molar-refractivity contribution in [2.75, 3.05) is 0 Å². The van der Waals surface area contributed by atoms with Crippen molar-refractivity contribution in [2.24, 2.45) is 0 Å². The summed E-state index contributed by atoms with van der Waals surface area (Å²) in [5.41, 5.74) is 1.01. The van der Waals surface area contributed by atoms with E-state index >= 15 is 0 Å². The van der Waals surface area contributed by atoms with Crippen LogP contribution in [0, 0.1) is 19.7 Å². The molecule has 0 unspecified atom stereocenters. The fraction of sp³-hybridized carbons (Fsp3) is 0.462. The van der Waals surface area contributed by atoms with Crippen molar-refractivity contribution in [3.63, 3.8) is 0 Å². The van der Waals surface area contributed by atoms with E-state index in [0.717, 1.165) is 0 Å². The Kier molecular flexibility index (Phi) is 3.36. The Morgan fingerprint density at radius 2 is 1.75 bits per heavy atom. The molecule has 0 amide bonds. The lowest BCUT2D eigenvalue weighted by Crippen LogP contribution is -2.24. The predicted molar refractivity (Wildman–Crippen MR) is 61.0 cm³/mol. The van der Waals surface area contributed by atoms with Crippen molar-refractivity contribution in [1.29, 1.82) is 0 Å². The molecule has 0 saturated carbocycles. The normalized spacial score (nSPS) is 11.4. The molecule has 0 aliphatic rings. The van der Waals surface area contributed by atoms with Gasteiger partial charge in [0, 0.05) is 0 Å². The molecule has 0 aromatic heterocycles. The van der Waals surface area contributed by atoms with Gasteiger partial charge in [0.2, 0.25) is 0 Å². The first-order valence-corrected chi connectivity index (χ1v) is 5.21. The number of hydrogen-bond acceptors (Lipinski definition) is 2. The highest BCUT2D eigenvalue weighted by Crippen LogP contribution is 2.19. The van der Waals surface area contributed by atoms with E-state index in [2.05, 4.69) is 0 Å². The van der Waals surface area contributed by atoms with E-state index in [-0.39, 0.29) is 5.82 Å². The van der Waals surface area contributed by atoms with Gasteiger partial charge in [-0.1, -0.05) is 0 Å². The highest BCUT2D eigenvalue weighted by atomic mass is 19.1. The van der Waals surface area contributed by atoms with Crippen LogP contribution >= 0.6 is 0 Å². The van der Waals surface area contributed by atoms with Gasteiger partial charge in [-0.05, 0) is 57.9 Å². The highest BCUT2D eigenvalue weighted by molar-refractivity contribution is 5.91. The van der Waals surface area contributed by atoms with Crippen LogP contribution in [0.4, 0.5) is 4.39 Å². The summed E-state index contributed by atoms with van der Waals surface area (Å²) < 4.78 is 18.4. The van der Waals surface area contributed by atoms with E-state index in [1.807, 2.05) is 0 Å². The maximum atomic E-state index is 13.2. The Hall–Kier alpha value is -1.38. The topological polar surface area (TPSA) is 26.3 Å². The number of ether oxygens (including phenoxy) is 1. The zero-order valence-electron chi connectivity index (χ0n) is 10.3. The molecule has 3 heteroatoms. The van der Waals surface area contributed by atoms with Gasteiger partial charge in [0.25, 0.3) is 0 Å². The molecule has 0 heterocycles. The molecule has 0 spiro atoms. The van der Waals surface area contributed by atoms with Gasteiger partial charge < -0.3 is 4.74 Å². The van der Waals surface area contributed by atoms with Crippen LogP contribution in [0.3, 0.4) is 0 Å². The van der Waals surface area contributed by atoms with Crippen LogP contribution in [0.1, 0.15) is 42.3 Å². The number of carbonyl (C=O) groups is 1. The van der Waals surface area contributed by atoms with Crippen LogP contribution in [0.25, 0.3) is 0 Å². The van der Waals surface area contributed by atoms with E-state index in [1.165, 1.54) is 12.1 Å². The average molecular weight is 224 g/mol. The van der Waals surface area contributed by atoms with Gasteiger partial charge in [-0.2, -0.15) is 0 Å². The van der Waals surface area contributed by atoms with Gasteiger partial charge in [0.1, 0.15) is 11.4 Å². The molecule has 0 atom stereocenters. The molecule has 0 bridgehead atoms. The lowest BCUT2D eigenvalue weighted by molar-refractivity contribution is 0.00686. The zero-order chi connectivity index (χ0) is 12.5. The van der Waals surface area contributed by atoms with E-state index < -0.39 is 11.6 Å². The lowest BCUT2D eigenvalue weighted by atomic mass is 10.0. The van der Waals surface area contributed by atoms with Gasteiger partial charge in [-0.15, -0.1) is 0 Å². The summed E-state index contributed by atoms with van der Waals surface area (Å²) in [5, 5.41) is 0. The SMILES string of the molecule is Cc1c(F)ccc(C(=O)OC(C)(C)C)c1C. The second-order valence-electron chi connectivity index (χ2n) is 4.85. The molecule has 16 heavy (non-hydrogen) atoms. The van der Waals surface area contributed by atoms with E-state index in [1.54, 1.807) is 34.6 Å². The quantitative estimate of drug-likeness (QED) is 0.683. The Morgan fingerprint density at radius 1 is 1.19 bits per heavy atom. The van der Waals surface area contributed by atoms with Crippen molar-refractivity contribution in [1.82, 2.24) is 0 Å². The summed E-state index contributed by atoms with van der Waals surface area (Å²) >= 11 is 0. The zero-order valence-corrected chi connectivity index (χ0v) is 10.3. The molecular formula is C13H17FO2. The van der Waals surface area contributed by atoms with Crippen LogP contribution in [0.5, 0.6) is 0 Å². The number of benzene rings is 1. The van der Waals surface area contributed by atoms with Crippen molar-refractivity contribution < 1.29 is 13.9 Å². The molecule has 1 aromatic carbocycles. The molecule has 1 rings (SSSR count). The summed E-state index contributed by atoms with van der Waals surface area (Å²) in [6.07, 6.45) is 0. The summed E-state index contributed by atoms with van der Waals surface area (Å²) in [6.45, 7) is 8.78. The van der Waals surface area contributed by atoms with E-state index in [4.69, 9.17) is 4.74 Å². The Balaban J connectivity index is 3.06. The van der Waals surface area contributed by atoms with E-state index in [0.29, 0.717) is 16.7 Å². The van der Waals surface area contributed by atoms with Crippen molar-refractivity contribution >= 4 is 5.97 Å². The summed E-state index contributed by atoms with van der Waals surface area (Å²) in [7, 11) is 0. The molecule has 0 fully saturated rings. The molecule has 2 nitrogen and oxygen atoms in total. The van der Waals surface area contributed by atoms with Crippen molar-refractivity contribution in [2.45, 2.75) is 40.2 Å². The maximum Gasteiger partial charge on any atom is 0.338 e. The van der Waals surface area contributed by atoms with Crippen LogP contribution in [-0.4, -0.2) is 11.6 Å². The third-order valence-electron chi connectivity index (χ3n) is 2.34. The van der Waals surface area contributed by atoms with Crippen LogP contribution in [0.15, 0.2) is 12.1 Å². The third kappa shape index (κ3) is 2.81. The van der Waals surface area contributed by atoms with Crippen molar-refractivity contribution in [3.8, 4) is 0 Å². The second kappa shape index (κ2) is 4.24. The first-order chi connectivity index (χ1) is 7.22. The molecule has 0 radical (unpaired) electrons. The minimum absolute atomic E-state index is 0.301. The monoisotopic (exact) mass is 224 g/mol. The van der Waals surface area contributed by atoms with Gasteiger partial charge >= 0.3 is 5.97 Å². The first-order valence-electron chi connectivity index (χ1n) is 5.21. The molecule has 0 saturated heterocycles. The number of rotatable bonds is 1. The second-order valence-corrected chi connectivity index (χ2v) is 4.85. The van der Waals surface area contributed by atoms with Crippen LogP contribution in [-0.2, 0) is 4.74 Å². The van der Waals surface area contributed by atoms with Crippen LogP contribution < -0.4 is 0 Å². The van der Waals surface area contributed by atoms with Gasteiger partial charge in [-0.3, -0.25) is 0 Å². The molecule has 0 aliphatic carbocycles. The molecule has 0 N–H and O–H groups in total. The smallest absolute Gasteiger partial charge is 0.338 e. The number of esters is 1. The first kappa shape index (κ1) is 12.7. The summed E-state index contributed by atoms with van der Waals surface area (Å²) in [5.74, 6) is -0.710. The van der Waals surface area contributed by atoms with Crippen molar-refractivity contribution in [3.05, 3.63) is 34.6 Å². The predicted octanol–water partition coefficient (Wildman–Crippen LogP) is 3.40. The number of halogens is 1. The Morgan fingerprint density at radius 3 is 2.25 bits per heavy atom. The van der Waals surface area contributed by atoms with Gasteiger partial charge in [-0.25, -0.2) is 9.18 Å². The number of carbonyl (C=O) groups excluding carboxylic acids is 1. The lowest BCUT2D eigenvalue weighted by Gasteiger charge is -2.20. The Bertz CT molecular complexity index is 417.